The molecule has 17 atom stereocenters. The van der Waals surface area contributed by atoms with E-state index < -0.39 is 124 Å². The topological polar surface area (TPSA) is 307 Å². The third-order valence-corrected chi connectivity index (χ3v) is 16.7. The fourth-order valence-electron chi connectivity index (χ4n) is 11.2. The Morgan fingerprint density at radius 2 is 0.786 bits per heavy atom. The molecule has 19 heteroatoms. The highest BCUT2D eigenvalue weighted by atomic mass is 16.8. The lowest BCUT2D eigenvalue weighted by atomic mass is 9.96. The highest BCUT2D eigenvalue weighted by molar-refractivity contribution is 5.76. The first-order valence-corrected chi connectivity index (χ1v) is 33.2. The van der Waals surface area contributed by atoms with Crippen LogP contribution in [0.5, 0.6) is 0 Å². The molecule has 0 saturated carbocycles. The van der Waals surface area contributed by atoms with E-state index in [1.165, 1.54) is 141 Å². The monoisotopic (exact) mass is 1200 g/mol. The minimum atomic E-state index is -1.98. The number of unbranched alkanes of at least 4 members (excludes halogenated alkanes) is 30. The van der Waals surface area contributed by atoms with Gasteiger partial charge in [0, 0.05) is 6.42 Å². The van der Waals surface area contributed by atoms with Gasteiger partial charge in [0.25, 0.3) is 0 Å². The molecule has 3 saturated heterocycles. The van der Waals surface area contributed by atoms with Crippen LogP contribution in [-0.2, 0) is 33.2 Å². The standard InChI is InChI=1S/C65H119NO18/c1-3-5-7-9-11-13-15-17-19-21-22-23-24-25-26-27-28-30-32-34-36-38-40-42-49(70)48(66-53(71)43-41-39-37-35-33-31-29-20-18-16-14-12-10-8-6-4-2)47-79-63-59(77)56(74)61(51(45-68)81-63)84-65-60(78)57(75)62(52(46-69)82-65)83-64-58(76)55(73)54(72)50(44-67)80-64/h14,16,20,29,40,42,48-52,54-65,67-70,72-78H,3-13,15,17-19,21-28,30-39,41,43-47H2,1-2H3,(H,66,71)/b16-14-,29-20-,42-40+. The van der Waals surface area contributed by atoms with Crippen molar-refractivity contribution in [3.05, 3.63) is 36.5 Å². The van der Waals surface area contributed by atoms with Gasteiger partial charge < -0.3 is 89.9 Å². The largest absolute Gasteiger partial charge is 0.394 e. The molecular weight excluding hydrogens is 1080 g/mol. The van der Waals surface area contributed by atoms with Gasteiger partial charge in [-0.1, -0.05) is 217 Å². The Labute approximate surface area is 504 Å². The van der Waals surface area contributed by atoms with Gasteiger partial charge in [-0.15, -0.1) is 0 Å². The fraction of sp³-hybridized carbons (Fsp3) is 0.892. The van der Waals surface area contributed by atoms with Gasteiger partial charge in [0.05, 0.1) is 38.6 Å². The number of rotatable bonds is 50. The molecule has 12 N–H and O–H groups in total. The van der Waals surface area contributed by atoms with E-state index >= 15 is 0 Å². The first kappa shape index (κ1) is 76.3. The first-order chi connectivity index (χ1) is 40.8. The lowest BCUT2D eigenvalue weighted by molar-refractivity contribution is -0.379. The molecule has 0 aliphatic carbocycles. The average Bonchev–Trinajstić information content (AvgIpc) is 2.79. The van der Waals surface area contributed by atoms with Crippen LogP contribution in [-0.4, -0.2) is 193 Å². The SMILES string of the molecule is CCCCCC/C=C\C/C=C\CCCCCCCC(=O)NC(COC1OC(CO)C(OC2OC(CO)C(OC3OC(CO)C(O)C(O)C3O)C(O)C2O)C(O)C1O)C(O)/C=C/CCCCCCCCCCCCCCCCCCCCCCC. The molecule has 492 valence electrons. The van der Waals surface area contributed by atoms with Crippen LogP contribution < -0.4 is 5.32 Å². The van der Waals surface area contributed by atoms with Gasteiger partial charge in [0.2, 0.25) is 5.91 Å². The van der Waals surface area contributed by atoms with E-state index in [9.17, 15) is 61.0 Å². The van der Waals surface area contributed by atoms with Crippen molar-refractivity contribution in [2.75, 3.05) is 26.4 Å². The van der Waals surface area contributed by atoms with Crippen molar-refractivity contribution in [3.63, 3.8) is 0 Å². The number of amides is 1. The van der Waals surface area contributed by atoms with E-state index in [4.69, 9.17) is 28.4 Å². The summed E-state index contributed by atoms with van der Waals surface area (Å²) in [6, 6.07) is -0.980. The average molecular weight is 1200 g/mol. The lowest BCUT2D eigenvalue weighted by Crippen LogP contribution is -2.66. The molecule has 3 aliphatic heterocycles. The molecule has 0 radical (unpaired) electrons. The Morgan fingerprint density at radius 1 is 0.429 bits per heavy atom. The number of aliphatic hydroxyl groups excluding tert-OH is 11. The van der Waals surface area contributed by atoms with E-state index in [1.54, 1.807) is 6.08 Å². The zero-order valence-corrected chi connectivity index (χ0v) is 51.6. The molecule has 3 rings (SSSR count). The van der Waals surface area contributed by atoms with Crippen LogP contribution in [0.2, 0.25) is 0 Å². The van der Waals surface area contributed by atoms with Gasteiger partial charge in [-0.25, -0.2) is 0 Å². The summed E-state index contributed by atoms with van der Waals surface area (Å²) >= 11 is 0. The van der Waals surface area contributed by atoms with Crippen LogP contribution in [0.15, 0.2) is 36.5 Å². The smallest absolute Gasteiger partial charge is 0.220 e. The molecule has 19 nitrogen and oxygen atoms in total. The minimum Gasteiger partial charge on any atom is -0.394 e. The number of ether oxygens (including phenoxy) is 6. The molecule has 17 unspecified atom stereocenters. The maximum absolute atomic E-state index is 13.4. The van der Waals surface area contributed by atoms with Gasteiger partial charge in [0.1, 0.15) is 73.2 Å². The second-order valence-electron chi connectivity index (χ2n) is 23.9. The van der Waals surface area contributed by atoms with Crippen molar-refractivity contribution in [3.8, 4) is 0 Å². The minimum absolute atomic E-state index is 0.228. The molecule has 84 heavy (non-hydrogen) atoms. The molecule has 0 aromatic carbocycles. The Bertz CT molecular complexity index is 1670. The number of aliphatic hydroxyl groups is 11. The zero-order valence-electron chi connectivity index (χ0n) is 51.6. The van der Waals surface area contributed by atoms with E-state index in [1.807, 2.05) is 6.08 Å². The van der Waals surface area contributed by atoms with Gasteiger partial charge in [-0.3, -0.25) is 4.79 Å². The number of carbonyl (C=O) groups excluding carboxylic acids is 1. The Kier molecular flexibility index (Phi) is 43.5. The summed E-state index contributed by atoms with van der Waals surface area (Å²) in [5.41, 5.74) is 0. The summed E-state index contributed by atoms with van der Waals surface area (Å²) in [6.07, 6.45) is 26.9. The normalized spacial score (nSPS) is 29.4. The highest BCUT2D eigenvalue weighted by Gasteiger charge is 2.53. The maximum Gasteiger partial charge on any atom is 0.220 e. The van der Waals surface area contributed by atoms with Gasteiger partial charge in [0.15, 0.2) is 18.9 Å². The molecule has 3 aliphatic rings. The molecule has 0 bridgehead atoms. The van der Waals surface area contributed by atoms with Gasteiger partial charge >= 0.3 is 0 Å². The molecule has 0 aromatic heterocycles. The van der Waals surface area contributed by atoms with Crippen molar-refractivity contribution in [2.24, 2.45) is 0 Å². The van der Waals surface area contributed by atoms with Crippen LogP contribution in [0, 0.1) is 0 Å². The van der Waals surface area contributed by atoms with Crippen molar-refractivity contribution in [2.45, 2.75) is 343 Å². The second kappa shape index (κ2) is 47.9. The molecule has 0 aromatic rings. The van der Waals surface area contributed by atoms with E-state index in [-0.39, 0.29) is 18.9 Å². The quantitative estimate of drug-likeness (QED) is 0.0205. The molecule has 0 spiro atoms. The zero-order chi connectivity index (χ0) is 61.2. The molecule has 3 fully saturated rings. The summed E-state index contributed by atoms with van der Waals surface area (Å²) in [7, 11) is 0. The van der Waals surface area contributed by atoms with Crippen molar-refractivity contribution in [1.29, 1.82) is 0 Å². The fourth-order valence-corrected chi connectivity index (χ4v) is 11.2. The summed E-state index contributed by atoms with van der Waals surface area (Å²) in [6.45, 7) is 1.71. The Hall–Kier alpha value is -1.99. The van der Waals surface area contributed by atoms with Crippen molar-refractivity contribution < 1.29 is 89.4 Å². The van der Waals surface area contributed by atoms with Crippen LogP contribution in [0.4, 0.5) is 0 Å². The molecule has 3 heterocycles. The third-order valence-electron chi connectivity index (χ3n) is 16.7. The van der Waals surface area contributed by atoms with Crippen LogP contribution in [0.25, 0.3) is 0 Å². The van der Waals surface area contributed by atoms with E-state index in [2.05, 4.69) is 43.5 Å². The van der Waals surface area contributed by atoms with Crippen LogP contribution >= 0.6 is 0 Å². The predicted octanol–water partition coefficient (Wildman–Crippen LogP) is 7.66. The summed E-state index contributed by atoms with van der Waals surface area (Å²) in [4.78, 5) is 13.4. The van der Waals surface area contributed by atoms with E-state index in [0.29, 0.717) is 6.42 Å². The highest BCUT2D eigenvalue weighted by Crippen LogP contribution is 2.33. The lowest BCUT2D eigenvalue weighted by Gasteiger charge is -2.48. The maximum atomic E-state index is 13.4. The van der Waals surface area contributed by atoms with Gasteiger partial charge in [-0.2, -0.15) is 0 Å². The summed E-state index contributed by atoms with van der Waals surface area (Å²) < 4.78 is 34.3. The van der Waals surface area contributed by atoms with Crippen molar-refractivity contribution in [1.82, 2.24) is 5.32 Å². The molecular formula is C65H119NO18. The number of nitrogens with one attached hydrogen (secondary N) is 1. The molecule has 1 amide bonds. The predicted molar refractivity (Wildman–Crippen MR) is 323 cm³/mol. The summed E-state index contributed by atoms with van der Waals surface area (Å²) in [5.74, 6) is -0.288. The first-order valence-electron chi connectivity index (χ1n) is 33.2. The van der Waals surface area contributed by atoms with Crippen molar-refractivity contribution >= 4 is 5.91 Å². The second-order valence-corrected chi connectivity index (χ2v) is 23.9. The Balaban J connectivity index is 1.47. The van der Waals surface area contributed by atoms with Gasteiger partial charge in [-0.05, 0) is 51.4 Å². The number of carbonyl (C=O) groups is 1. The van der Waals surface area contributed by atoms with Crippen LogP contribution in [0.3, 0.4) is 0 Å². The van der Waals surface area contributed by atoms with E-state index in [0.717, 1.165) is 70.6 Å². The van der Waals surface area contributed by atoms with Crippen LogP contribution in [0.1, 0.15) is 239 Å². The Morgan fingerprint density at radius 3 is 1.23 bits per heavy atom. The third kappa shape index (κ3) is 30.5. The number of allylic oxidation sites excluding steroid dienone is 5. The summed E-state index contributed by atoms with van der Waals surface area (Å²) in [5, 5.41) is 120. The number of hydrogen-bond donors (Lipinski definition) is 12. The number of hydrogen-bond acceptors (Lipinski definition) is 18.